The second kappa shape index (κ2) is 9.65. The molecule has 3 nitrogen and oxygen atoms in total. The molecule has 0 unspecified atom stereocenters. The van der Waals surface area contributed by atoms with Crippen LogP contribution in [0.15, 0.2) is 36.4 Å². The fourth-order valence-electron chi connectivity index (χ4n) is 3.05. The molecular formula is C23H29NO2S. The van der Waals surface area contributed by atoms with Gasteiger partial charge in [0.25, 0.3) is 0 Å². The standard InChI is InChI=1S/C23H29NO2S/c1-6-24(7-2)22(27)14-20-12-18(5)21(13-17(20)4)23(25)26-15-19-10-8-16(3)9-11-19/h8-13H,6-7,14-15H2,1-5H3. The van der Waals surface area contributed by atoms with E-state index in [9.17, 15) is 4.79 Å². The third-order valence-corrected chi connectivity index (χ3v) is 5.25. The molecule has 0 aliphatic rings. The Kier molecular flexibility index (Phi) is 7.55. The summed E-state index contributed by atoms with van der Waals surface area (Å²) in [6.45, 7) is 12.3. The maximum Gasteiger partial charge on any atom is 0.338 e. The van der Waals surface area contributed by atoms with Gasteiger partial charge >= 0.3 is 5.97 Å². The van der Waals surface area contributed by atoms with E-state index < -0.39 is 0 Å². The lowest BCUT2D eigenvalue weighted by atomic mass is 9.97. The molecule has 0 aromatic heterocycles. The van der Waals surface area contributed by atoms with E-state index in [1.54, 1.807) is 0 Å². The van der Waals surface area contributed by atoms with E-state index in [2.05, 4.69) is 24.8 Å². The summed E-state index contributed by atoms with van der Waals surface area (Å²) in [5, 5.41) is 0. The van der Waals surface area contributed by atoms with Crippen molar-refractivity contribution >= 4 is 23.2 Å². The molecule has 27 heavy (non-hydrogen) atoms. The summed E-state index contributed by atoms with van der Waals surface area (Å²) in [5.41, 5.74) is 5.96. The van der Waals surface area contributed by atoms with Gasteiger partial charge < -0.3 is 9.64 Å². The number of benzene rings is 2. The Morgan fingerprint density at radius 3 is 2.22 bits per heavy atom. The van der Waals surface area contributed by atoms with Gasteiger partial charge in [0.15, 0.2) is 0 Å². The SMILES string of the molecule is CCN(CC)C(=S)Cc1cc(C)c(C(=O)OCc2ccc(C)cc2)cc1C. The molecule has 2 aromatic rings. The highest BCUT2D eigenvalue weighted by molar-refractivity contribution is 7.80. The molecule has 144 valence electrons. The summed E-state index contributed by atoms with van der Waals surface area (Å²) in [6, 6.07) is 12.0. The number of ether oxygens (including phenoxy) is 1. The molecule has 0 spiro atoms. The molecule has 0 atom stereocenters. The maximum absolute atomic E-state index is 12.5. The van der Waals surface area contributed by atoms with Crippen molar-refractivity contribution in [2.45, 2.75) is 47.6 Å². The van der Waals surface area contributed by atoms with Gasteiger partial charge in [-0.2, -0.15) is 0 Å². The molecule has 2 aromatic carbocycles. The topological polar surface area (TPSA) is 29.5 Å². The van der Waals surface area contributed by atoms with E-state index in [4.69, 9.17) is 17.0 Å². The van der Waals surface area contributed by atoms with E-state index in [0.717, 1.165) is 41.2 Å². The van der Waals surface area contributed by atoms with Crippen LogP contribution in [0.5, 0.6) is 0 Å². The average molecular weight is 384 g/mol. The van der Waals surface area contributed by atoms with Crippen LogP contribution in [-0.2, 0) is 17.8 Å². The van der Waals surface area contributed by atoms with Gasteiger partial charge in [0, 0.05) is 19.5 Å². The minimum Gasteiger partial charge on any atom is -0.457 e. The van der Waals surface area contributed by atoms with Crippen molar-refractivity contribution in [3.05, 3.63) is 69.8 Å². The summed E-state index contributed by atoms with van der Waals surface area (Å²) in [5.74, 6) is -0.283. The number of hydrogen-bond donors (Lipinski definition) is 0. The molecular weight excluding hydrogens is 354 g/mol. The van der Waals surface area contributed by atoms with Gasteiger partial charge in [0.2, 0.25) is 0 Å². The number of carbonyl (C=O) groups is 1. The van der Waals surface area contributed by atoms with Gasteiger partial charge in [-0.15, -0.1) is 0 Å². The van der Waals surface area contributed by atoms with Gasteiger partial charge in [-0.05, 0) is 62.9 Å². The monoisotopic (exact) mass is 383 g/mol. The van der Waals surface area contributed by atoms with E-state index in [0.29, 0.717) is 5.56 Å². The van der Waals surface area contributed by atoms with Gasteiger partial charge in [0.05, 0.1) is 10.6 Å². The lowest BCUT2D eigenvalue weighted by molar-refractivity contribution is 0.0471. The minimum atomic E-state index is -0.283. The van der Waals surface area contributed by atoms with E-state index in [-0.39, 0.29) is 12.6 Å². The third kappa shape index (κ3) is 5.64. The quantitative estimate of drug-likeness (QED) is 0.487. The van der Waals surface area contributed by atoms with Crippen molar-refractivity contribution < 1.29 is 9.53 Å². The lowest BCUT2D eigenvalue weighted by Gasteiger charge is -2.22. The Morgan fingerprint density at radius 2 is 1.63 bits per heavy atom. The van der Waals surface area contributed by atoms with Crippen LogP contribution in [-0.4, -0.2) is 28.9 Å². The van der Waals surface area contributed by atoms with Gasteiger partial charge in [-0.25, -0.2) is 4.79 Å². The zero-order valence-corrected chi connectivity index (χ0v) is 17.8. The Bertz CT molecular complexity index is 808. The zero-order chi connectivity index (χ0) is 20.0. The second-order valence-corrected chi connectivity index (χ2v) is 7.37. The average Bonchev–Trinajstić information content (AvgIpc) is 2.64. The third-order valence-electron chi connectivity index (χ3n) is 4.85. The summed E-state index contributed by atoms with van der Waals surface area (Å²) in [7, 11) is 0. The van der Waals surface area contributed by atoms with Crippen molar-refractivity contribution in [3.63, 3.8) is 0 Å². The summed E-state index contributed by atoms with van der Waals surface area (Å²) < 4.78 is 5.51. The molecule has 0 radical (unpaired) electrons. The molecule has 0 bridgehead atoms. The first kappa shape index (κ1) is 21.1. The number of esters is 1. The van der Waals surface area contributed by atoms with Crippen molar-refractivity contribution in [2.75, 3.05) is 13.1 Å². The van der Waals surface area contributed by atoms with Crippen LogP contribution in [0, 0.1) is 20.8 Å². The Balaban J connectivity index is 2.09. The molecule has 0 N–H and O–H groups in total. The zero-order valence-electron chi connectivity index (χ0n) is 17.0. The van der Waals surface area contributed by atoms with Crippen molar-refractivity contribution in [3.8, 4) is 0 Å². The van der Waals surface area contributed by atoms with Crippen LogP contribution in [0.3, 0.4) is 0 Å². The first-order valence-electron chi connectivity index (χ1n) is 9.46. The van der Waals surface area contributed by atoms with Gasteiger partial charge in [-0.1, -0.05) is 48.1 Å². The number of likely N-dealkylation sites (N-methyl/N-ethyl adjacent to an activating group) is 1. The van der Waals surface area contributed by atoms with Crippen molar-refractivity contribution in [1.82, 2.24) is 4.90 Å². The molecule has 2 rings (SSSR count). The van der Waals surface area contributed by atoms with Crippen LogP contribution in [0.25, 0.3) is 0 Å². The molecule has 0 aliphatic heterocycles. The Hall–Kier alpha value is -2.20. The molecule has 0 saturated heterocycles. The van der Waals surface area contributed by atoms with E-state index in [1.165, 1.54) is 11.1 Å². The summed E-state index contributed by atoms with van der Waals surface area (Å²) in [6.07, 6.45) is 0.725. The molecule has 0 heterocycles. The largest absolute Gasteiger partial charge is 0.457 e. The Morgan fingerprint density at radius 1 is 1.00 bits per heavy atom. The Labute approximate surface area is 168 Å². The predicted molar refractivity (Wildman–Crippen MR) is 115 cm³/mol. The molecule has 4 heteroatoms. The highest BCUT2D eigenvalue weighted by Crippen LogP contribution is 2.19. The second-order valence-electron chi connectivity index (χ2n) is 6.90. The number of rotatable bonds is 7. The van der Waals surface area contributed by atoms with Crippen molar-refractivity contribution in [1.29, 1.82) is 0 Å². The van der Waals surface area contributed by atoms with Crippen molar-refractivity contribution in [2.24, 2.45) is 0 Å². The predicted octanol–water partition coefficient (Wildman–Crippen LogP) is 5.18. The maximum atomic E-state index is 12.5. The smallest absolute Gasteiger partial charge is 0.338 e. The van der Waals surface area contributed by atoms with E-state index >= 15 is 0 Å². The van der Waals surface area contributed by atoms with Crippen LogP contribution < -0.4 is 0 Å². The highest BCUT2D eigenvalue weighted by atomic mass is 32.1. The minimum absolute atomic E-state index is 0.283. The number of aryl methyl sites for hydroxylation is 3. The van der Waals surface area contributed by atoms with Crippen LogP contribution in [0.4, 0.5) is 0 Å². The fourth-order valence-corrected chi connectivity index (χ4v) is 3.46. The molecule has 0 amide bonds. The highest BCUT2D eigenvalue weighted by Gasteiger charge is 2.15. The number of nitrogens with zero attached hydrogens (tertiary/aromatic N) is 1. The van der Waals surface area contributed by atoms with Crippen LogP contribution in [0.1, 0.15) is 52.0 Å². The fraction of sp³-hybridized carbons (Fsp3) is 0.391. The molecule has 0 fully saturated rings. The summed E-state index contributed by atoms with van der Waals surface area (Å²) in [4.78, 5) is 15.7. The number of carbonyl (C=O) groups excluding carboxylic acids is 1. The normalized spacial score (nSPS) is 10.6. The molecule has 0 saturated carbocycles. The number of thiocarbonyl (C=S) groups is 1. The lowest BCUT2D eigenvalue weighted by Crippen LogP contribution is -2.30. The van der Waals surface area contributed by atoms with Gasteiger partial charge in [-0.3, -0.25) is 0 Å². The first-order valence-corrected chi connectivity index (χ1v) is 9.87. The van der Waals surface area contributed by atoms with Crippen LogP contribution in [0.2, 0.25) is 0 Å². The summed E-state index contributed by atoms with van der Waals surface area (Å²) >= 11 is 5.58. The van der Waals surface area contributed by atoms with Crippen LogP contribution >= 0.6 is 12.2 Å². The molecule has 0 aliphatic carbocycles. The van der Waals surface area contributed by atoms with E-state index in [1.807, 2.05) is 51.1 Å². The van der Waals surface area contributed by atoms with Gasteiger partial charge in [0.1, 0.15) is 6.61 Å². The first-order chi connectivity index (χ1) is 12.8. The number of hydrogen-bond acceptors (Lipinski definition) is 3.